The number of unbranched alkanes of at least 4 members (excludes halogenated alkanes) is 58. The Hall–Kier alpha value is -1.99. The summed E-state index contributed by atoms with van der Waals surface area (Å²) in [6, 6.07) is -0.974. The molecule has 0 aromatic carbocycles. The monoisotopic (exact) mass is 1590 g/mol. The highest BCUT2D eigenvalue weighted by molar-refractivity contribution is 5.76. The van der Waals surface area contributed by atoms with E-state index in [4.69, 9.17) is 28.4 Å². The minimum atomic E-state index is -1.98. The van der Waals surface area contributed by atoms with E-state index in [1.165, 1.54) is 340 Å². The number of aliphatic hydroxyl groups is 11. The molecule has 19 nitrogen and oxygen atoms in total. The lowest BCUT2D eigenvalue weighted by Gasteiger charge is -2.48. The number of rotatable bonds is 78. The standard InChI is InChI=1S/C93H175NO18/c1-3-5-7-9-11-13-15-17-19-21-23-25-27-29-31-33-35-36-37-38-39-40-41-43-45-47-49-51-53-55-57-59-61-63-65-67-69-71-81(99)94-76(77(98)70-68-66-64-62-60-58-56-54-52-50-48-46-44-42-34-32-30-28-26-24-22-20-18-16-14-12-10-8-6-4-2)75-107-91-87(105)84(102)89(79(73-96)109-91)112-93-88(106)85(103)90(80(74-97)110-93)111-92-86(104)83(101)82(100)78(72-95)108-92/h15,17,21,23,68,70,76-80,82-93,95-98,100-106H,3-14,16,18-20,22,24-67,69,71-75H2,1-2H3,(H,94,99)/b17-15-,23-21-,70-68+. The van der Waals surface area contributed by atoms with Crippen LogP contribution in [0, 0.1) is 0 Å². The van der Waals surface area contributed by atoms with Crippen LogP contribution in [0.5, 0.6) is 0 Å². The highest BCUT2D eigenvalue weighted by atomic mass is 16.8. The largest absolute Gasteiger partial charge is 0.394 e. The van der Waals surface area contributed by atoms with Gasteiger partial charge in [-0.05, 0) is 51.4 Å². The van der Waals surface area contributed by atoms with Gasteiger partial charge in [0.05, 0.1) is 38.6 Å². The zero-order valence-electron chi connectivity index (χ0n) is 71.4. The molecule has 3 fully saturated rings. The molecule has 3 aliphatic heterocycles. The van der Waals surface area contributed by atoms with Crippen LogP contribution in [0.25, 0.3) is 0 Å². The summed E-state index contributed by atoms with van der Waals surface area (Å²) >= 11 is 0. The number of aliphatic hydroxyl groups excluding tert-OH is 11. The van der Waals surface area contributed by atoms with Gasteiger partial charge in [-0.1, -0.05) is 397 Å². The van der Waals surface area contributed by atoms with Gasteiger partial charge in [0, 0.05) is 6.42 Å². The Morgan fingerprint density at radius 2 is 0.589 bits per heavy atom. The fourth-order valence-electron chi connectivity index (χ4n) is 16.2. The second-order valence-electron chi connectivity index (χ2n) is 33.8. The van der Waals surface area contributed by atoms with Crippen molar-refractivity contribution in [1.82, 2.24) is 5.32 Å². The number of ether oxygens (including phenoxy) is 6. The molecule has 0 bridgehead atoms. The summed E-state index contributed by atoms with van der Waals surface area (Å²) in [6.45, 7) is 1.80. The molecule has 660 valence electrons. The maximum Gasteiger partial charge on any atom is 0.220 e. The number of allylic oxidation sites excluding steroid dienone is 5. The fraction of sp³-hybridized carbons (Fsp3) is 0.925. The Balaban J connectivity index is 1.30. The molecule has 0 aliphatic carbocycles. The van der Waals surface area contributed by atoms with Crippen molar-refractivity contribution < 1.29 is 89.4 Å². The Labute approximate surface area is 682 Å². The smallest absolute Gasteiger partial charge is 0.220 e. The molecular weight excluding hydrogens is 1420 g/mol. The van der Waals surface area contributed by atoms with Crippen molar-refractivity contribution in [3.8, 4) is 0 Å². The average molecular weight is 1600 g/mol. The average Bonchev–Trinajstić information content (AvgIpc) is 0.781. The van der Waals surface area contributed by atoms with Crippen molar-refractivity contribution >= 4 is 5.91 Å². The first-order chi connectivity index (χ1) is 54.8. The van der Waals surface area contributed by atoms with Gasteiger partial charge in [-0.2, -0.15) is 0 Å². The van der Waals surface area contributed by atoms with Crippen LogP contribution in [-0.4, -0.2) is 193 Å². The Bertz CT molecular complexity index is 2160. The summed E-state index contributed by atoms with van der Waals surface area (Å²) in [5.41, 5.74) is 0. The summed E-state index contributed by atoms with van der Waals surface area (Å²) in [7, 11) is 0. The quantitative estimate of drug-likeness (QED) is 0.0199. The number of hydrogen-bond acceptors (Lipinski definition) is 18. The number of nitrogens with one attached hydrogen (secondary N) is 1. The van der Waals surface area contributed by atoms with Crippen LogP contribution in [0.3, 0.4) is 0 Å². The molecule has 1 amide bonds. The van der Waals surface area contributed by atoms with Crippen LogP contribution in [0.4, 0.5) is 0 Å². The molecule has 0 aromatic rings. The molecular formula is C93H175NO18. The van der Waals surface area contributed by atoms with E-state index < -0.39 is 124 Å². The van der Waals surface area contributed by atoms with E-state index in [2.05, 4.69) is 43.5 Å². The molecule has 0 radical (unpaired) electrons. The molecule has 3 rings (SSSR count). The third kappa shape index (κ3) is 50.8. The third-order valence-corrected chi connectivity index (χ3v) is 23.7. The predicted octanol–water partition coefficient (Wildman–Crippen LogP) is 18.6. The topological polar surface area (TPSA) is 307 Å². The normalized spacial score (nSPS) is 25.0. The third-order valence-electron chi connectivity index (χ3n) is 23.7. The van der Waals surface area contributed by atoms with Gasteiger partial charge in [-0.25, -0.2) is 0 Å². The summed E-state index contributed by atoms with van der Waals surface area (Å²) in [5, 5.41) is 121. The molecule has 0 spiro atoms. The van der Waals surface area contributed by atoms with Crippen LogP contribution in [0.2, 0.25) is 0 Å². The maximum absolute atomic E-state index is 13.5. The van der Waals surface area contributed by atoms with E-state index in [1.54, 1.807) is 6.08 Å². The van der Waals surface area contributed by atoms with E-state index in [0.29, 0.717) is 6.42 Å². The van der Waals surface area contributed by atoms with Crippen LogP contribution < -0.4 is 5.32 Å². The second kappa shape index (κ2) is 73.0. The van der Waals surface area contributed by atoms with Crippen molar-refractivity contribution in [2.24, 2.45) is 0 Å². The summed E-state index contributed by atoms with van der Waals surface area (Å²) in [6.07, 6.45) is 67.4. The molecule has 0 aromatic heterocycles. The first-order valence-electron chi connectivity index (χ1n) is 47.2. The van der Waals surface area contributed by atoms with Crippen LogP contribution >= 0.6 is 0 Å². The zero-order valence-corrected chi connectivity index (χ0v) is 71.4. The van der Waals surface area contributed by atoms with Crippen molar-refractivity contribution in [3.05, 3.63) is 36.5 Å². The molecule has 3 aliphatic rings. The lowest BCUT2D eigenvalue weighted by Crippen LogP contribution is -2.66. The predicted molar refractivity (Wildman–Crippen MR) is 453 cm³/mol. The van der Waals surface area contributed by atoms with Gasteiger partial charge in [-0.15, -0.1) is 0 Å². The van der Waals surface area contributed by atoms with E-state index in [0.717, 1.165) is 51.4 Å². The Morgan fingerprint density at radius 3 is 0.911 bits per heavy atom. The van der Waals surface area contributed by atoms with E-state index in [1.807, 2.05) is 6.08 Å². The zero-order chi connectivity index (χ0) is 81.0. The van der Waals surface area contributed by atoms with Crippen molar-refractivity contribution in [2.75, 3.05) is 26.4 Å². The Morgan fingerprint density at radius 1 is 0.321 bits per heavy atom. The molecule has 112 heavy (non-hydrogen) atoms. The summed E-state index contributed by atoms with van der Waals surface area (Å²) in [5.74, 6) is -0.266. The number of carbonyl (C=O) groups is 1. The maximum atomic E-state index is 13.5. The Kier molecular flexibility index (Phi) is 67.9. The first kappa shape index (κ1) is 104. The van der Waals surface area contributed by atoms with Crippen molar-refractivity contribution in [1.29, 1.82) is 0 Å². The minimum absolute atomic E-state index is 0.248. The highest BCUT2D eigenvalue weighted by Crippen LogP contribution is 2.34. The van der Waals surface area contributed by atoms with Gasteiger partial charge in [-0.3, -0.25) is 4.79 Å². The minimum Gasteiger partial charge on any atom is -0.394 e. The molecule has 3 heterocycles. The SMILES string of the molecule is CCCCCCC/C=C\C/C=C\CCCCCCCCCCCCCCCCCCCCCCCCCCCC(=O)NC(COC1OC(CO)C(OC2OC(CO)C(OC3OC(CO)C(O)C(O)C3O)C(O)C2O)C(O)C1O)C(O)/C=C/CCCCCCCCCCCCCCCCCCCCCCCCCCCCCC. The fourth-order valence-corrected chi connectivity index (χ4v) is 16.2. The molecule has 0 saturated carbocycles. The van der Waals surface area contributed by atoms with Crippen LogP contribution in [-0.2, 0) is 33.2 Å². The van der Waals surface area contributed by atoms with Crippen LogP contribution in [0.15, 0.2) is 36.5 Å². The lowest BCUT2D eigenvalue weighted by atomic mass is 9.96. The van der Waals surface area contributed by atoms with E-state index in [-0.39, 0.29) is 18.9 Å². The van der Waals surface area contributed by atoms with Crippen molar-refractivity contribution in [2.45, 2.75) is 523 Å². The highest BCUT2D eigenvalue weighted by Gasteiger charge is 2.54. The number of hydrogen-bond donors (Lipinski definition) is 12. The molecule has 17 atom stereocenters. The van der Waals surface area contributed by atoms with Gasteiger partial charge in [0.2, 0.25) is 5.91 Å². The van der Waals surface area contributed by atoms with Crippen LogP contribution in [0.1, 0.15) is 418 Å². The second-order valence-corrected chi connectivity index (χ2v) is 33.8. The van der Waals surface area contributed by atoms with Crippen molar-refractivity contribution in [3.63, 3.8) is 0 Å². The lowest BCUT2D eigenvalue weighted by molar-refractivity contribution is -0.379. The first-order valence-corrected chi connectivity index (χ1v) is 47.2. The van der Waals surface area contributed by atoms with Gasteiger partial charge in [0.25, 0.3) is 0 Å². The van der Waals surface area contributed by atoms with E-state index in [9.17, 15) is 61.0 Å². The molecule has 17 unspecified atom stereocenters. The summed E-state index contributed by atoms with van der Waals surface area (Å²) < 4.78 is 34.6. The van der Waals surface area contributed by atoms with Gasteiger partial charge >= 0.3 is 0 Å². The summed E-state index contributed by atoms with van der Waals surface area (Å²) in [4.78, 5) is 13.5. The van der Waals surface area contributed by atoms with Gasteiger partial charge in [0.15, 0.2) is 18.9 Å². The van der Waals surface area contributed by atoms with E-state index >= 15 is 0 Å². The number of amides is 1. The molecule has 12 N–H and O–H groups in total. The van der Waals surface area contributed by atoms with Gasteiger partial charge < -0.3 is 89.9 Å². The molecule has 19 heteroatoms. The number of carbonyl (C=O) groups excluding carboxylic acids is 1. The van der Waals surface area contributed by atoms with Gasteiger partial charge in [0.1, 0.15) is 73.2 Å². The molecule has 3 saturated heterocycles.